The first-order chi connectivity index (χ1) is 9.55. The van der Waals surface area contributed by atoms with Crippen molar-refractivity contribution in [3.8, 4) is 0 Å². The Morgan fingerprint density at radius 2 is 2.30 bits per heavy atom. The van der Waals surface area contributed by atoms with Gasteiger partial charge in [-0.2, -0.15) is 0 Å². The maximum atomic E-state index is 12.5. The Balaban J connectivity index is 1.41. The average molecular weight is 356 g/mol. The van der Waals surface area contributed by atoms with E-state index in [0.29, 0.717) is 18.0 Å². The molecule has 1 aromatic rings. The molecule has 2 saturated heterocycles. The summed E-state index contributed by atoms with van der Waals surface area (Å²) in [6.45, 7) is 4.98. The zero-order valence-corrected chi connectivity index (χ0v) is 13.9. The molecule has 0 unspecified atom stereocenters. The number of likely N-dealkylation sites (tertiary alicyclic amines) is 2. The van der Waals surface area contributed by atoms with E-state index in [4.69, 9.17) is 0 Å². The Bertz CT molecular complexity index is 556. The van der Waals surface area contributed by atoms with Crippen molar-refractivity contribution in [2.24, 2.45) is 5.41 Å². The molecular weight excluding hydrogens is 338 g/mol. The Morgan fingerprint density at radius 3 is 2.85 bits per heavy atom. The number of carbonyl (C=O) groups excluding carboxylic acids is 1. The lowest BCUT2D eigenvalue weighted by molar-refractivity contribution is -0.138. The Hall–Kier alpha value is -0.460. The highest BCUT2D eigenvalue weighted by molar-refractivity contribution is 9.11. The maximum absolute atomic E-state index is 12.5. The van der Waals surface area contributed by atoms with Crippen molar-refractivity contribution in [2.75, 3.05) is 13.1 Å². The van der Waals surface area contributed by atoms with Crippen LogP contribution in [0.5, 0.6) is 0 Å². The Morgan fingerprint density at radius 1 is 1.50 bits per heavy atom. The van der Waals surface area contributed by atoms with Gasteiger partial charge in [0.1, 0.15) is 5.01 Å². The highest BCUT2D eigenvalue weighted by atomic mass is 79.9. The normalized spacial score (nSPS) is 31.0. The second-order valence-corrected chi connectivity index (χ2v) is 9.04. The maximum Gasteiger partial charge on any atom is 0.228 e. The largest absolute Gasteiger partial charge is 0.336 e. The number of carbonyl (C=O) groups is 1. The molecule has 2 atom stereocenters. The summed E-state index contributed by atoms with van der Waals surface area (Å²) in [4.78, 5) is 21.5. The number of aromatic nitrogens is 1. The van der Waals surface area contributed by atoms with Crippen LogP contribution in [0.15, 0.2) is 9.98 Å². The smallest absolute Gasteiger partial charge is 0.228 e. The van der Waals surface area contributed by atoms with E-state index in [-0.39, 0.29) is 5.41 Å². The van der Waals surface area contributed by atoms with Crippen molar-refractivity contribution in [3.63, 3.8) is 0 Å². The standard InChI is InChI=1S/C14H18BrN3OS/c1-14(2-3-14)13(19)18-7-9-4-10(18)6-17(9)8-12-16-5-11(15)20-12/h5,9-10H,2-4,6-8H2,1H3/t9-,10-/m0/s1. The number of fused-ring (bicyclic) bond motifs is 2. The number of halogens is 1. The fraction of sp³-hybridized carbons (Fsp3) is 0.714. The second kappa shape index (κ2) is 4.52. The van der Waals surface area contributed by atoms with Gasteiger partial charge in [0.25, 0.3) is 0 Å². The summed E-state index contributed by atoms with van der Waals surface area (Å²) in [5, 5.41) is 1.16. The van der Waals surface area contributed by atoms with E-state index in [0.717, 1.165) is 47.7 Å². The van der Waals surface area contributed by atoms with Crippen molar-refractivity contribution in [1.82, 2.24) is 14.8 Å². The van der Waals surface area contributed by atoms with E-state index in [2.05, 4.69) is 37.6 Å². The Labute approximate surface area is 131 Å². The summed E-state index contributed by atoms with van der Waals surface area (Å²) < 4.78 is 1.09. The minimum absolute atomic E-state index is 0.0184. The van der Waals surface area contributed by atoms with E-state index in [1.807, 2.05) is 6.20 Å². The zero-order valence-electron chi connectivity index (χ0n) is 11.5. The van der Waals surface area contributed by atoms with Crippen LogP contribution in [-0.2, 0) is 11.3 Å². The molecule has 0 N–H and O–H groups in total. The molecule has 20 heavy (non-hydrogen) atoms. The van der Waals surface area contributed by atoms with E-state index in [1.54, 1.807) is 11.3 Å². The second-order valence-electron chi connectivity index (χ2n) is 6.55. The molecule has 108 valence electrons. The summed E-state index contributed by atoms with van der Waals surface area (Å²) in [6, 6.07) is 0.974. The van der Waals surface area contributed by atoms with Crippen molar-refractivity contribution in [2.45, 2.75) is 44.8 Å². The molecular formula is C14H18BrN3OS. The van der Waals surface area contributed by atoms with Gasteiger partial charge in [0.2, 0.25) is 5.91 Å². The highest BCUT2D eigenvalue weighted by Crippen LogP contribution is 2.48. The molecule has 1 amide bonds. The third-order valence-corrected chi connectivity index (χ3v) is 6.46. The third-order valence-electron chi connectivity index (χ3n) is 4.99. The quantitative estimate of drug-likeness (QED) is 0.835. The summed E-state index contributed by atoms with van der Waals surface area (Å²) in [7, 11) is 0. The van der Waals surface area contributed by atoms with Gasteiger partial charge in [-0.15, -0.1) is 11.3 Å². The van der Waals surface area contributed by atoms with Crippen LogP contribution in [0, 0.1) is 5.41 Å². The highest BCUT2D eigenvalue weighted by Gasteiger charge is 2.53. The van der Waals surface area contributed by atoms with Crippen LogP contribution >= 0.6 is 27.3 Å². The molecule has 4 rings (SSSR count). The number of amides is 1. The number of rotatable bonds is 3. The van der Waals surface area contributed by atoms with Gasteiger partial charge >= 0.3 is 0 Å². The number of hydrogen-bond donors (Lipinski definition) is 0. The molecule has 2 aliphatic heterocycles. The molecule has 2 bridgehead atoms. The lowest BCUT2D eigenvalue weighted by Gasteiger charge is -2.35. The number of nitrogens with zero attached hydrogens (tertiary/aromatic N) is 3. The summed E-state index contributed by atoms with van der Waals surface area (Å²) >= 11 is 5.17. The van der Waals surface area contributed by atoms with Gasteiger partial charge in [0.15, 0.2) is 0 Å². The molecule has 6 heteroatoms. The zero-order chi connectivity index (χ0) is 13.9. The molecule has 3 aliphatic rings. The SMILES string of the molecule is CC1(C(=O)N2C[C@@H]3C[C@H]2CN3Cc2ncc(Br)s2)CC1. The van der Waals surface area contributed by atoms with Crippen LogP contribution in [0.1, 0.15) is 31.2 Å². The summed E-state index contributed by atoms with van der Waals surface area (Å²) in [6.07, 6.45) is 5.18. The van der Waals surface area contributed by atoms with Gasteiger partial charge in [0.05, 0.1) is 16.5 Å². The predicted molar refractivity (Wildman–Crippen MR) is 81.5 cm³/mol. The first-order valence-electron chi connectivity index (χ1n) is 7.20. The molecule has 0 spiro atoms. The molecule has 1 saturated carbocycles. The minimum Gasteiger partial charge on any atom is -0.336 e. The summed E-state index contributed by atoms with van der Waals surface area (Å²) in [5.74, 6) is 0.404. The van der Waals surface area contributed by atoms with Gasteiger partial charge in [-0.1, -0.05) is 6.92 Å². The van der Waals surface area contributed by atoms with Crippen molar-refractivity contribution < 1.29 is 4.79 Å². The van der Waals surface area contributed by atoms with Gasteiger partial charge in [-0.3, -0.25) is 9.69 Å². The van der Waals surface area contributed by atoms with Crippen molar-refractivity contribution in [3.05, 3.63) is 15.0 Å². The average Bonchev–Trinajstić information content (AvgIpc) is 2.81. The lowest BCUT2D eigenvalue weighted by atomic mass is 10.1. The fourth-order valence-corrected chi connectivity index (χ4v) is 4.80. The molecule has 3 heterocycles. The van der Waals surface area contributed by atoms with Gasteiger partial charge < -0.3 is 4.90 Å². The van der Waals surface area contributed by atoms with E-state index < -0.39 is 0 Å². The van der Waals surface area contributed by atoms with Gasteiger partial charge in [-0.05, 0) is 35.2 Å². The van der Waals surface area contributed by atoms with Crippen LogP contribution in [0.25, 0.3) is 0 Å². The van der Waals surface area contributed by atoms with Crippen LogP contribution in [0.3, 0.4) is 0 Å². The van der Waals surface area contributed by atoms with Crippen LogP contribution in [-0.4, -0.2) is 45.9 Å². The van der Waals surface area contributed by atoms with E-state index in [1.165, 1.54) is 0 Å². The number of hydrogen-bond acceptors (Lipinski definition) is 4. The summed E-state index contributed by atoms with van der Waals surface area (Å²) in [5.41, 5.74) is -0.0184. The molecule has 3 fully saturated rings. The topological polar surface area (TPSA) is 36.4 Å². The monoisotopic (exact) mass is 355 g/mol. The van der Waals surface area contributed by atoms with E-state index in [9.17, 15) is 4.79 Å². The number of thiazole rings is 1. The first-order valence-corrected chi connectivity index (χ1v) is 8.81. The van der Waals surface area contributed by atoms with Gasteiger partial charge in [-0.25, -0.2) is 4.98 Å². The molecule has 0 radical (unpaired) electrons. The first kappa shape index (κ1) is 13.2. The molecule has 1 aliphatic carbocycles. The van der Waals surface area contributed by atoms with Crippen molar-refractivity contribution >= 4 is 33.2 Å². The molecule has 0 aromatic carbocycles. The van der Waals surface area contributed by atoms with Gasteiger partial charge in [0, 0.05) is 30.6 Å². The molecule has 1 aromatic heterocycles. The molecule has 4 nitrogen and oxygen atoms in total. The van der Waals surface area contributed by atoms with E-state index >= 15 is 0 Å². The van der Waals surface area contributed by atoms with Crippen LogP contribution in [0.4, 0.5) is 0 Å². The lowest BCUT2D eigenvalue weighted by Crippen LogP contribution is -2.50. The fourth-order valence-electron chi connectivity index (χ4n) is 3.47. The Kier molecular flexibility index (Phi) is 2.98. The third kappa shape index (κ3) is 2.12. The van der Waals surface area contributed by atoms with Crippen molar-refractivity contribution in [1.29, 1.82) is 0 Å². The van der Waals surface area contributed by atoms with Crippen LogP contribution in [0.2, 0.25) is 0 Å². The number of piperazine rings is 1. The predicted octanol–water partition coefficient (Wildman–Crippen LogP) is 2.49. The van der Waals surface area contributed by atoms with Crippen LogP contribution < -0.4 is 0 Å². The minimum atomic E-state index is -0.0184.